The molecule has 146 valence electrons. The first-order valence-corrected chi connectivity index (χ1v) is 8.87. The Labute approximate surface area is 158 Å². The van der Waals surface area contributed by atoms with Crippen LogP contribution < -0.4 is 14.2 Å². The quantitative estimate of drug-likeness (QED) is 0.811. The predicted octanol–water partition coefficient (Wildman–Crippen LogP) is 2.76. The van der Waals surface area contributed by atoms with Crippen LogP contribution in [0.3, 0.4) is 0 Å². The van der Waals surface area contributed by atoms with Crippen molar-refractivity contribution in [1.29, 1.82) is 0 Å². The largest absolute Gasteiger partial charge is 0.494 e. The lowest BCUT2D eigenvalue weighted by molar-refractivity contribution is 0.101. The maximum Gasteiger partial charge on any atom is 0.165 e. The number of aliphatic hydroxyl groups excluding tert-OH is 2. The van der Waals surface area contributed by atoms with E-state index in [9.17, 15) is 14.6 Å². The lowest BCUT2D eigenvalue weighted by atomic mass is 9.67. The van der Waals surface area contributed by atoms with Crippen molar-refractivity contribution in [2.75, 3.05) is 34.5 Å². The standard InChI is InChI=1S/C21H25FO5/c1-25-18-7-12(4-5-17(18)22)21-15-9-20(27-3)19(26-2)8-13(15)6-14(10-23)16(21)11-24/h4-5,7-9,14,16,21,23-24H,6,10-11H2,1-3H3/t14-,16-,21-/m1/s1. The van der Waals surface area contributed by atoms with Crippen LogP contribution in [0, 0.1) is 17.7 Å². The Kier molecular flexibility index (Phi) is 5.87. The molecule has 0 amide bonds. The second-order valence-electron chi connectivity index (χ2n) is 6.77. The van der Waals surface area contributed by atoms with E-state index in [1.807, 2.05) is 12.1 Å². The molecule has 2 aromatic rings. The first kappa shape index (κ1) is 19.5. The zero-order chi connectivity index (χ0) is 19.6. The van der Waals surface area contributed by atoms with Gasteiger partial charge in [-0.2, -0.15) is 0 Å². The van der Waals surface area contributed by atoms with Crippen molar-refractivity contribution in [1.82, 2.24) is 0 Å². The highest BCUT2D eigenvalue weighted by atomic mass is 19.1. The van der Waals surface area contributed by atoms with Gasteiger partial charge in [-0.1, -0.05) is 6.07 Å². The highest BCUT2D eigenvalue weighted by molar-refractivity contribution is 5.53. The topological polar surface area (TPSA) is 68.2 Å². The Morgan fingerprint density at radius 1 is 0.926 bits per heavy atom. The van der Waals surface area contributed by atoms with E-state index < -0.39 is 5.82 Å². The molecule has 2 N–H and O–H groups in total. The number of methoxy groups -OCH3 is 3. The molecule has 0 fully saturated rings. The first-order valence-electron chi connectivity index (χ1n) is 8.87. The fraction of sp³-hybridized carbons (Fsp3) is 0.429. The van der Waals surface area contributed by atoms with Crippen LogP contribution >= 0.6 is 0 Å². The van der Waals surface area contributed by atoms with E-state index in [2.05, 4.69) is 0 Å². The summed E-state index contributed by atoms with van der Waals surface area (Å²) in [5, 5.41) is 20.0. The molecule has 0 aromatic heterocycles. The molecule has 2 aromatic carbocycles. The number of hydrogen-bond donors (Lipinski definition) is 2. The van der Waals surface area contributed by atoms with E-state index in [1.165, 1.54) is 13.2 Å². The van der Waals surface area contributed by atoms with Crippen molar-refractivity contribution in [2.24, 2.45) is 11.8 Å². The van der Waals surface area contributed by atoms with Crippen LogP contribution in [0.2, 0.25) is 0 Å². The summed E-state index contributed by atoms with van der Waals surface area (Å²) in [6, 6.07) is 8.54. The summed E-state index contributed by atoms with van der Waals surface area (Å²) >= 11 is 0. The predicted molar refractivity (Wildman–Crippen MR) is 99.2 cm³/mol. The monoisotopic (exact) mass is 376 g/mol. The summed E-state index contributed by atoms with van der Waals surface area (Å²) in [4.78, 5) is 0. The van der Waals surface area contributed by atoms with Gasteiger partial charge in [-0.25, -0.2) is 4.39 Å². The number of aliphatic hydroxyl groups is 2. The highest BCUT2D eigenvalue weighted by Gasteiger charge is 2.38. The minimum absolute atomic E-state index is 0.0478. The molecule has 0 saturated heterocycles. The summed E-state index contributed by atoms with van der Waals surface area (Å²) in [7, 11) is 4.57. The van der Waals surface area contributed by atoms with Crippen LogP contribution in [0.15, 0.2) is 30.3 Å². The Hall–Kier alpha value is -2.31. The number of hydrogen-bond acceptors (Lipinski definition) is 5. The second-order valence-corrected chi connectivity index (χ2v) is 6.77. The third kappa shape index (κ3) is 3.47. The van der Waals surface area contributed by atoms with Crippen molar-refractivity contribution >= 4 is 0 Å². The smallest absolute Gasteiger partial charge is 0.165 e. The first-order chi connectivity index (χ1) is 13.1. The Morgan fingerprint density at radius 3 is 2.19 bits per heavy atom. The van der Waals surface area contributed by atoms with Crippen molar-refractivity contribution in [3.8, 4) is 17.2 Å². The van der Waals surface area contributed by atoms with Gasteiger partial charge in [-0.3, -0.25) is 0 Å². The van der Waals surface area contributed by atoms with Crippen molar-refractivity contribution in [3.63, 3.8) is 0 Å². The molecule has 5 nitrogen and oxygen atoms in total. The molecule has 3 atom stereocenters. The number of fused-ring (bicyclic) bond motifs is 1. The zero-order valence-corrected chi connectivity index (χ0v) is 15.7. The van der Waals surface area contributed by atoms with Gasteiger partial charge in [0.25, 0.3) is 0 Å². The molecule has 0 aliphatic heterocycles. The number of rotatable bonds is 6. The minimum Gasteiger partial charge on any atom is -0.494 e. The van der Waals surface area contributed by atoms with Gasteiger partial charge in [0, 0.05) is 19.1 Å². The molecule has 0 unspecified atom stereocenters. The molecule has 1 aliphatic carbocycles. The Bertz CT molecular complexity index is 807. The van der Waals surface area contributed by atoms with E-state index in [0.717, 1.165) is 16.7 Å². The second kappa shape index (κ2) is 8.15. The van der Waals surface area contributed by atoms with Crippen molar-refractivity contribution in [3.05, 3.63) is 52.8 Å². The summed E-state index contributed by atoms with van der Waals surface area (Å²) in [6.45, 7) is -0.142. The van der Waals surface area contributed by atoms with Gasteiger partial charge in [-0.05, 0) is 59.2 Å². The van der Waals surface area contributed by atoms with E-state index in [4.69, 9.17) is 14.2 Å². The summed E-state index contributed by atoms with van der Waals surface area (Å²) < 4.78 is 29.9. The molecular formula is C21H25FO5. The van der Waals surface area contributed by atoms with Crippen LogP contribution in [0.25, 0.3) is 0 Å². The van der Waals surface area contributed by atoms with E-state index in [-0.39, 0.29) is 36.7 Å². The highest BCUT2D eigenvalue weighted by Crippen LogP contribution is 2.47. The normalized spacial score (nSPS) is 21.5. The van der Waals surface area contributed by atoms with Crippen LogP contribution in [0.4, 0.5) is 4.39 Å². The average Bonchev–Trinajstić information content (AvgIpc) is 2.71. The summed E-state index contributed by atoms with van der Waals surface area (Å²) in [6.07, 6.45) is 0.617. The Morgan fingerprint density at radius 2 is 1.59 bits per heavy atom. The molecule has 1 aliphatic rings. The SMILES string of the molecule is COc1cc([C@@H]2c3cc(OC)c(OC)cc3C[C@H](CO)[C@H]2CO)ccc1F. The molecule has 0 spiro atoms. The van der Waals surface area contributed by atoms with Crippen LogP contribution in [-0.2, 0) is 6.42 Å². The molecule has 0 radical (unpaired) electrons. The van der Waals surface area contributed by atoms with Gasteiger partial charge in [0.1, 0.15) is 0 Å². The third-order valence-electron chi connectivity index (χ3n) is 5.48. The van der Waals surface area contributed by atoms with Crippen molar-refractivity contribution in [2.45, 2.75) is 12.3 Å². The minimum atomic E-state index is -0.441. The van der Waals surface area contributed by atoms with Crippen LogP contribution in [0.5, 0.6) is 17.2 Å². The lowest BCUT2D eigenvalue weighted by Crippen LogP contribution is -2.35. The van der Waals surface area contributed by atoms with Gasteiger partial charge in [0.05, 0.1) is 21.3 Å². The molecule has 0 saturated carbocycles. The maximum atomic E-state index is 13.9. The fourth-order valence-electron chi connectivity index (χ4n) is 4.09. The number of ether oxygens (including phenoxy) is 3. The van der Waals surface area contributed by atoms with Gasteiger partial charge < -0.3 is 24.4 Å². The molecule has 3 rings (SSSR count). The lowest BCUT2D eigenvalue weighted by Gasteiger charge is -2.39. The maximum absolute atomic E-state index is 13.9. The van der Waals surface area contributed by atoms with Gasteiger partial charge in [0.2, 0.25) is 0 Å². The molecule has 0 heterocycles. The zero-order valence-electron chi connectivity index (χ0n) is 15.7. The summed E-state index contributed by atoms with van der Waals surface area (Å²) in [5.74, 6) is 0.351. The van der Waals surface area contributed by atoms with Crippen molar-refractivity contribution < 1.29 is 28.8 Å². The number of halogens is 1. The molecule has 27 heavy (non-hydrogen) atoms. The van der Waals surface area contributed by atoms with Crippen LogP contribution in [-0.4, -0.2) is 44.8 Å². The summed E-state index contributed by atoms with van der Waals surface area (Å²) in [5.41, 5.74) is 2.81. The third-order valence-corrected chi connectivity index (χ3v) is 5.48. The average molecular weight is 376 g/mol. The van der Waals surface area contributed by atoms with E-state index in [1.54, 1.807) is 26.4 Å². The molecule has 6 heteroatoms. The number of benzene rings is 2. The van der Waals surface area contributed by atoms with Gasteiger partial charge in [-0.15, -0.1) is 0 Å². The Balaban J connectivity index is 2.20. The van der Waals surface area contributed by atoms with Crippen LogP contribution in [0.1, 0.15) is 22.6 Å². The fourth-order valence-corrected chi connectivity index (χ4v) is 4.09. The van der Waals surface area contributed by atoms with E-state index in [0.29, 0.717) is 17.9 Å². The van der Waals surface area contributed by atoms with E-state index >= 15 is 0 Å². The molecule has 0 bridgehead atoms. The van der Waals surface area contributed by atoms with Gasteiger partial charge >= 0.3 is 0 Å². The molecular weight excluding hydrogens is 351 g/mol. The van der Waals surface area contributed by atoms with Gasteiger partial charge in [0.15, 0.2) is 23.1 Å².